The Morgan fingerprint density at radius 2 is 1.84 bits per heavy atom. The summed E-state index contributed by atoms with van der Waals surface area (Å²) in [7, 11) is 1.68. The third kappa shape index (κ3) is 6.67. The lowest BCUT2D eigenvalue weighted by atomic mass is 10.1. The number of halogens is 1. The second-order valence-corrected chi connectivity index (χ2v) is 9.58. The number of amides is 4. The first kappa shape index (κ1) is 27.1. The van der Waals surface area contributed by atoms with E-state index >= 15 is 0 Å². The van der Waals surface area contributed by atoms with Gasteiger partial charge in [0.05, 0.1) is 12.1 Å². The van der Waals surface area contributed by atoms with Gasteiger partial charge in [0.1, 0.15) is 30.3 Å². The van der Waals surface area contributed by atoms with Crippen LogP contribution in [0.2, 0.25) is 0 Å². The predicted octanol–water partition coefficient (Wildman–Crippen LogP) is 1.90. The van der Waals surface area contributed by atoms with Crippen molar-refractivity contribution < 1.29 is 28.3 Å². The van der Waals surface area contributed by atoms with E-state index < -0.39 is 23.9 Å². The first-order valence-corrected chi connectivity index (χ1v) is 12.9. The molecule has 2 aliphatic heterocycles. The predicted molar refractivity (Wildman–Crippen MR) is 138 cm³/mol. The Kier molecular flexibility index (Phi) is 8.93. The van der Waals surface area contributed by atoms with Crippen LogP contribution in [0.15, 0.2) is 48.5 Å². The molecule has 1 fully saturated rings. The number of nitrogens with zero attached hydrogens (tertiary/aromatic N) is 2. The monoisotopic (exact) mass is 524 g/mol. The number of carbonyl (C=O) groups excluding carboxylic acids is 4. The highest BCUT2D eigenvalue weighted by Crippen LogP contribution is 2.22. The maximum atomic E-state index is 13.2. The lowest BCUT2D eigenvalue weighted by molar-refractivity contribution is -0.143. The molecule has 38 heavy (non-hydrogen) atoms. The second-order valence-electron chi connectivity index (χ2n) is 9.58. The van der Waals surface area contributed by atoms with Crippen molar-refractivity contribution in [3.8, 4) is 5.75 Å². The topological polar surface area (TPSA) is 108 Å². The van der Waals surface area contributed by atoms with Crippen LogP contribution >= 0.6 is 0 Å². The highest BCUT2D eigenvalue weighted by molar-refractivity contribution is 5.99. The Bertz CT molecular complexity index is 1170. The molecule has 0 radical (unpaired) electrons. The van der Waals surface area contributed by atoms with Crippen LogP contribution in [0.4, 0.5) is 4.39 Å². The largest absolute Gasteiger partial charge is 0.491 e. The smallest absolute Gasteiger partial charge is 0.255 e. The van der Waals surface area contributed by atoms with Gasteiger partial charge in [-0.25, -0.2) is 4.39 Å². The van der Waals surface area contributed by atoms with E-state index in [1.807, 2.05) is 0 Å². The number of rotatable bonds is 4. The van der Waals surface area contributed by atoms with Gasteiger partial charge in [0, 0.05) is 26.6 Å². The highest BCUT2D eigenvalue weighted by atomic mass is 19.1. The number of carbonyl (C=O) groups is 4. The van der Waals surface area contributed by atoms with E-state index in [1.165, 1.54) is 12.1 Å². The molecule has 0 aromatic heterocycles. The van der Waals surface area contributed by atoms with Crippen LogP contribution in [0.5, 0.6) is 5.75 Å². The summed E-state index contributed by atoms with van der Waals surface area (Å²) in [5.41, 5.74) is 1.11. The lowest BCUT2D eigenvalue weighted by Crippen LogP contribution is -2.49. The molecule has 9 nitrogen and oxygen atoms in total. The molecule has 1 saturated heterocycles. The van der Waals surface area contributed by atoms with Crippen LogP contribution in [0.1, 0.15) is 41.6 Å². The SMILES string of the molecule is CN1CCOc2ccccc2C(=O)N[C@H](C(=O)NCCc2ccc(F)cc2)CCC(=O)N2CCC[C@H]2C1=O. The zero-order valence-electron chi connectivity index (χ0n) is 21.5. The number of nitrogens with one attached hydrogen (secondary N) is 2. The Morgan fingerprint density at radius 3 is 2.63 bits per heavy atom. The van der Waals surface area contributed by atoms with Crippen molar-refractivity contribution >= 4 is 23.6 Å². The number of hydrogen-bond acceptors (Lipinski definition) is 5. The molecular formula is C28H33FN4O5. The molecule has 10 heteroatoms. The number of ether oxygens (including phenoxy) is 1. The molecule has 2 N–H and O–H groups in total. The molecule has 0 saturated carbocycles. The van der Waals surface area contributed by atoms with Crippen molar-refractivity contribution in [3.63, 3.8) is 0 Å². The van der Waals surface area contributed by atoms with E-state index in [-0.39, 0.29) is 49.2 Å². The van der Waals surface area contributed by atoms with Crippen LogP contribution in [0.3, 0.4) is 0 Å². The minimum absolute atomic E-state index is 0.00195. The fourth-order valence-corrected chi connectivity index (χ4v) is 4.78. The first-order chi connectivity index (χ1) is 18.3. The zero-order valence-corrected chi connectivity index (χ0v) is 21.5. The van der Waals surface area contributed by atoms with Crippen molar-refractivity contribution in [1.29, 1.82) is 0 Å². The molecule has 0 bridgehead atoms. The van der Waals surface area contributed by atoms with E-state index in [0.29, 0.717) is 31.7 Å². The number of likely N-dealkylation sites (N-methyl/N-ethyl adjacent to an activating group) is 1. The molecule has 4 rings (SSSR count). The van der Waals surface area contributed by atoms with Crippen LogP contribution in [-0.2, 0) is 20.8 Å². The summed E-state index contributed by atoms with van der Waals surface area (Å²) in [6.45, 7) is 1.22. The van der Waals surface area contributed by atoms with E-state index in [4.69, 9.17) is 4.74 Å². The van der Waals surface area contributed by atoms with Crippen LogP contribution in [0, 0.1) is 5.82 Å². The molecule has 2 atom stereocenters. The maximum Gasteiger partial charge on any atom is 0.255 e. The van der Waals surface area contributed by atoms with Gasteiger partial charge < -0.3 is 25.2 Å². The summed E-state index contributed by atoms with van der Waals surface area (Å²) in [5, 5.41) is 5.58. The summed E-state index contributed by atoms with van der Waals surface area (Å²) in [6, 6.07) is 11.2. The average Bonchev–Trinajstić information content (AvgIpc) is 3.41. The van der Waals surface area contributed by atoms with Crippen molar-refractivity contribution in [2.24, 2.45) is 0 Å². The molecule has 202 valence electrons. The molecule has 4 amide bonds. The third-order valence-corrected chi connectivity index (χ3v) is 6.95. The molecule has 0 aliphatic carbocycles. The van der Waals surface area contributed by atoms with E-state index in [1.54, 1.807) is 53.2 Å². The molecule has 2 aromatic rings. The van der Waals surface area contributed by atoms with Crippen molar-refractivity contribution in [2.45, 2.75) is 44.2 Å². The van der Waals surface area contributed by atoms with E-state index in [0.717, 1.165) is 12.0 Å². The van der Waals surface area contributed by atoms with Crippen molar-refractivity contribution in [3.05, 3.63) is 65.5 Å². The van der Waals surface area contributed by atoms with Gasteiger partial charge in [-0.15, -0.1) is 0 Å². The van der Waals surface area contributed by atoms with Crippen LogP contribution < -0.4 is 15.4 Å². The molecular weight excluding hydrogens is 491 g/mol. The standard InChI is InChI=1S/C28H33FN4O5/c1-32-17-18-38-24-7-3-2-5-21(24)26(35)31-22(12-13-25(34)33-16-4-6-23(33)28(32)37)27(36)30-15-14-19-8-10-20(29)11-9-19/h2-3,5,7-11,22-23H,4,6,12-18H2,1H3,(H,30,36)(H,31,35)/t22-,23-/m0/s1. The highest BCUT2D eigenvalue weighted by Gasteiger charge is 2.36. The van der Waals surface area contributed by atoms with Gasteiger partial charge in [-0.2, -0.15) is 0 Å². The quantitative estimate of drug-likeness (QED) is 0.635. The van der Waals surface area contributed by atoms with Gasteiger partial charge in [-0.3, -0.25) is 19.2 Å². The molecule has 2 aliphatic rings. The summed E-state index contributed by atoms with van der Waals surface area (Å²) < 4.78 is 19.0. The fraction of sp³-hybridized carbons (Fsp3) is 0.429. The summed E-state index contributed by atoms with van der Waals surface area (Å²) in [5.74, 6) is -1.28. The number of benzene rings is 2. The fourth-order valence-electron chi connectivity index (χ4n) is 4.78. The Labute approximate surface area is 221 Å². The van der Waals surface area contributed by atoms with Gasteiger partial charge in [0.15, 0.2) is 0 Å². The van der Waals surface area contributed by atoms with Gasteiger partial charge in [0.25, 0.3) is 5.91 Å². The Balaban J connectivity index is 1.51. The zero-order chi connectivity index (χ0) is 27.1. The van der Waals surface area contributed by atoms with Gasteiger partial charge >= 0.3 is 0 Å². The minimum atomic E-state index is -0.975. The lowest BCUT2D eigenvalue weighted by Gasteiger charge is -2.28. The van der Waals surface area contributed by atoms with E-state index in [2.05, 4.69) is 10.6 Å². The van der Waals surface area contributed by atoms with Crippen LogP contribution in [0.25, 0.3) is 0 Å². The average molecular weight is 525 g/mol. The number of fused-ring (bicyclic) bond motifs is 2. The van der Waals surface area contributed by atoms with Gasteiger partial charge in [-0.05, 0) is 55.5 Å². The summed E-state index contributed by atoms with van der Waals surface area (Å²) >= 11 is 0. The molecule has 2 aromatic carbocycles. The van der Waals surface area contributed by atoms with Gasteiger partial charge in [0.2, 0.25) is 17.7 Å². The number of para-hydroxylation sites is 1. The number of hydrogen-bond donors (Lipinski definition) is 2. The third-order valence-electron chi connectivity index (χ3n) is 6.95. The normalized spacial score (nSPS) is 20.9. The molecule has 0 spiro atoms. The first-order valence-electron chi connectivity index (χ1n) is 12.9. The Morgan fingerprint density at radius 1 is 1.08 bits per heavy atom. The summed E-state index contributed by atoms with van der Waals surface area (Å²) in [4.78, 5) is 55.6. The summed E-state index contributed by atoms with van der Waals surface area (Å²) in [6.07, 6.45) is 1.87. The Hall–Kier alpha value is -3.95. The van der Waals surface area contributed by atoms with Gasteiger partial charge in [-0.1, -0.05) is 24.3 Å². The van der Waals surface area contributed by atoms with Crippen molar-refractivity contribution in [2.75, 3.05) is 33.3 Å². The second kappa shape index (κ2) is 12.5. The molecule has 2 heterocycles. The van der Waals surface area contributed by atoms with Crippen LogP contribution in [-0.4, -0.2) is 78.8 Å². The van der Waals surface area contributed by atoms with E-state index in [9.17, 15) is 23.6 Å². The molecule has 0 unspecified atom stereocenters. The van der Waals surface area contributed by atoms with Crippen molar-refractivity contribution in [1.82, 2.24) is 20.4 Å². The minimum Gasteiger partial charge on any atom is -0.491 e. The maximum absolute atomic E-state index is 13.2.